The summed E-state index contributed by atoms with van der Waals surface area (Å²) < 4.78 is 5.28. The number of anilines is 2. The number of carbonyl (C=O) groups excluding carboxylic acids is 2. The number of esters is 1. The second kappa shape index (κ2) is 6.41. The van der Waals surface area contributed by atoms with Gasteiger partial charge >= 0.3 is 5.97 Å². The van der Waals surface area contributed by atoms with E-state index < -0.39 is 5.97 Å². The summed E-state index contributed by atoms with van der Waals surface area (Å²) in [5.74, 6) is -0.785. The van der Waals surface area contributed by atoms with Gasteiger partial charge in [-0.25, -0.2) is 4.79 Å². The number of rotatable bonds is 3. The molecule has 0 saturated carbocycles. The average molecular weight is 349 g/mol. The van der Waals surface area contributed by atoms with Crippen molar-refractivity contribution < 1.29 is 14.3 Å². The largest absolute Gasteiger partial charge is 0.465 e. The lowest BCUT2D eigenvalue weighted by atomic mass is 10.1. The van der Waals surface area contributed by atoms with Crippen LogP contribution >= 0.6 is 15.9 Å². The highest BCUT2D eigenvalue weighted by atomic mass is 79.9. The van der Waals surface area contributed by atoms with Gasteiger partial charge in [0.25, 0.3) is 5.91 Å². The quantitative estimate of drug-likeness (QED) is 0.659. The molecule has 0 saturated heterocycles. The maximum Gasteiger partial charge on any atom is 0.337 e. The standard InChI is InChI=1S/C15H13BrN2O3/c1-21-15(20)9-3-2-4-11(7-9)18-14(19)12-8-10(17)5-6-13(12)16/h2-8H,17H2,1H3,(H,18,19). The maximum absolute atomic E-state index is 12.2. The Morgan fingerprint density at radius 2 is 1.95 bits per heavy atom. The molecule has 5 nitrogen and oxygen atoms in total. The fraction of sp³-hybridized carbons (Fsp3) is 0.0667. The number of carbonyl (C=O) groups is 2. The molecule has 0 bridgehead atoms. The van der Waals surface area contributed by atoms with E-state index in [1.54, 1.807) is 42.5 Å². The summed E-state index contributed by atoms with van der Waals surface area (Å²) in [5, 5.41) is 2.71. The molecule has 0 unspecified atom stereocenters. The number of hydrogen-bond acceptors (Lipinski definition) is 4. The van der Waals surface area contributed by atoms with Crippen molar-refractivity contribution in [1.82, 2.24) is 0 Å². The highest BCUT2D eigenvalue weighted by molar-refractivity contribution is 9.10. The van der Waals surface area contributed by atoms with E-state index >= 15 is 0 Å². The lowest BCUT2D eigenvalue weighted by Crippen LogP contribution is -2.13. The Morgan fingerprint density at radius 3 is 2.67 bits per heavy atom. The van der Waals surface area contributed by atoms with Crippen molar-refractivity contribution in [3.05, 3.63) is 58.1 Å². The third kappa shape index (κ3) is 3.61. The van der Waals surface area contributed by atoms with Crippen LogP contribution in [0.5, 0.6) is 0 Å². The number of halogens is 1. The smallest absolute Gasteiger partial charge is 0.337 e. The van der Waals surface area contributed by atoms with Gasteiger partial charge in [-0.05, 0) is 52.3 Å². The second-order valence-electron chi connectivity index (χ2n) is 4.27. The fourth-order valence-electron chi connectivity index (χ4n) is 1.76. The van der Waals surface area contributed by atoms with E-state index in [4.69, 9.17) is 5.73 Å². The first-order chi connectivity index (χ1) is 10.0. The minimum absolute atomic E-state index is 0.323. The van der Waals surface area contributed by atoms with Crippen LogP contribution in [0.25, 0.3) is 0 Å². The van der Waals surface area contributed by atoms with Crippen molar-refractivity contribution in [2.24, 2.45) is 0 Å². The predicted octanol–water partition coefficient (Wildman–Crippen LogP) is 3.07. The van der Waals surface area contributed by atoms with Crippen LogP contribution in [0.15, 0.2) is 46.9 Å². The Kier molecular flexibility index (Phi) is 4.59. The first-order valence-corrected chi connectivity index (χ1v) is 6.85. The molecular formula is C15H13BrN2O3. The van der Waals surface area contributed by atoms with Gasteiger partial charge in [-0.3, -0.25) is 4.79 Å². The van der Waals surface area contributed by atoms with E-state index in [1.165, 1.54) is 7.11 Å². The number of nitrogens with two attached hydrogens (primary N) is 1. The van der Waals surface area contributed by atoms with Gasteiger partial charge in [0, 0.05) is 15.8 Å². The SMILES string of the molecule is COC(=O)c1cccc(NC(=O)c2cc(N)ccc2Br)c1. The van der Waals surface area contributed by atoms with E-state index in [9.17, 15) is 9.59 Å². The van der Waals surface area contributed by atoms with Crippen LogP contribution in [0.1, 0.15) is 20.7 Å². The Morgan fingerprint density at radius 1 is 1.19 bits per heavy atom. The van der Waals surface area contributed by atoms with Crippen LogP contribution in [0.3, 0.4) is 0 Å². The summed E-state index contributed by atoms with van der Waals surface area (Å²) in [6.07, 6.45) is 0. The summed E-state index contributed by atoms with van der Waals surface area (Å²) in [4.78, 5) is 23.7. The molecule has 2 aromatic carbocycles. The normalized spacial score (nSPS) is 10.0. The number of benzene rings is 2. The lowest BCUT2D eigenvalue weighted by molar-refractivity contribution is 0.0600. The van der Waals surface area contributed by atoms with Crippen LogP contribution in [0.2, 0.25) is 0 Å². The molecule has 108 valence electrons. The monoisotopic (exact) mass is 348 g/mol. The molecule has 6 heteroatoms. The topological polar surface area (TPSA) is 81.4 Å². The van der Waals surface area contributed by atoms with Crippen molar-refractivity contribution in [2.45, 2.75) is 0 Å². The Bertz CT molecular complexity index is 701. The van der Waals surface area contributed by atoms with Gasteiger partial charge in [-0.2, -0.15) is 0 Å². The number of hydrogen-bond donors (Lipinski definition) is 2. The van der Waals surface area contributed by atoms with Crippen LogP contribution in [-0.4, -0.2) is 19.0 Å². The molecule has 0 aromatic heterocycles. The number of nitrogen functional groups attached to an aromatic ring is 1. The number of ether oxygens (including phenoxy) is 1. The Balaban J connectivity index is 2.23. The summed E-state index contributed by atoms with van der Waals surface area (Å²) in [6, 6.07) is 11.5. The van der Waals surface area contributed by atoms with Crippen LogP contribution < -0.4 is 11.1 Å². The molecule has 2 rings (SSSR count). The molecule has 1 amide bonds. The van der Waals surface area contributed by atoms with Gasteiger partial charge in [0.05, 0.1) is 18.2 Å². The first-order valence-electron chi connectivity index (χ1n) is 6.06. The third-order valence-corrected chi connectivity index (χ3v) is 3.47. The first kappa shape index (κ1) is 15.1. The van der Waals surface area contributed by atoms with Crippen molar-refractivity contribution in [3.8, 4) is 0 Å². The molecule has 2 aromatic rings. The molecular weight excluding hydrogens is 336 g/mol. The zero-order valence-electron chi connectivity index (χ0n) is 11.2. The van der Waals surface area contributed by atoms with Crippen LogP contribution in [0, 0.1) is 0 Å². The van der Waals surface area contributed by atoms with E-state index in [0.717, 1.165) is 0 Å². The Hall–Kier alpha value is -2.34. The van der Waals surface area contributed by atoms with Gasteiger partial charge < -0.3 is 15.8 Å². The molecule has 0 aliphatic carbocycles. The molecule has 0 radical (unpaired) electrons. The van der Waals surface area contributed by atoms with Gasteiger partial charge in [-0.1, -0.05) is 6.07 Å². The second-order valence-corrected chi connectivity index (χ2v) is 5.12. The molecule has 3 N–H and O–H groups in total. The highest BCUT2D eigenvalue weighted by Crippen LogP contribution is 2.21. The van der Waals surface area contributed by atoms with Gasteiger partial charge in [-0.15, -0.1) is 0 Å². The highest BCUT2D eigenvalue weighted by Gasteiger charge is 2.12. The van der Waals surface area contributed by atoms with Crippen molar-refractivity contribution in [1.29, 1.82) is 0 Å². The number of methoxy groups -OCH3 is 1. The predicted molar refractivity (Wildman–Crippen MR) is 84.3 cm³/mol. The van der Waals surface area contributed by atoms with Crippen molar-refractivity contribution in [3.63, 3.8) is 0 Å². The van der Waals surface area contributed by atoms with E-state index in [1.807, 2.05) is 0 Å². The van der Waals surface area contributed by atoms with Crippen molar-refractivity contribution in [2.75, 3.05) is 18.2 Å². The summed E-state index contributed by atoms with van der Waals surface area (Å²) in [7, 11) is 1.30. The van der Waals surface area contributed by atoms with E-state index in [2.05, 4.69) is 26.0 Å². The van der Waals surface area contributed by atoms with Crippen LogP contribution in [-0.2, 0) is 4.74 Å². The Labute approximate surface area is 130 Å². The van der Waals surface area contributed by atoms with E-state index in [-0.39, 0.29) is 5.91 Å². The van der Waals surface area contributed by atoms with E-state index in [0.29, 0.717) is 27.0 Å². The maximum atomic E-state index is 12.2. The molecule has 0 aliphatic heterocycles. The molecule has 0 aliphatic rings. The van der Waals surface area contributed by atoms with Gasteiger partial charge in [0.2, 0.25) is 0 Å². The van der Waals surface area contributed by atoms with Crippen LogP contribution in [0.4, 0.5) is 11.4 Å². The molecule has 0 atom stereocenters. The molecule has 0 heterocycles. The summed E-state index contributed by atoms with van der Waals surface area (Å²) in [5.41, 5.74) is 7.45. The van der Waals surface area contributed by atoms with Gasteiger partial charge in [0.1, 0.15) is 0 Å². The molecule has 0 fully saturated rings. The van der Waals surface area contributed by atoms with Crippen molar-refractivity contribution >= 4 is 39.2 Å². The number of amides is 1. The zero-order chi connectivity index (χ0) is 15.4. The fourth-order valence-corrected chi connectivity index (χ4v) is 2.18. The molecule has 21 heavy (non-hydrogen) atoms. The minimum atomic E-state index is -0.462. The number of nitrogens with one attached hydrogen (secondary N) is 1. The third-order valence-electron chi connectivity index (χ3n) is 2.78. The lowest BCUT2D eigenvalue weighted by Gasteiger charge is -2.08. The van der Waals surface area contributed by atoms with Gasteiger partial charge in [0.15, 0.2) is 0 Å². The minimum Gasteiger partial charge on any atom is -0.465 e. The molecule has 0 spiro atoms. The summed E-state index contributed by atoms with van der Waals surface area (Å²) >= 11 is 3.30. The summed E-state index contributed by atoms with van der Waals surface area (Å²) in [6.45, 7) is 0. The zero-order valence-corrected chi connectivity index (χ0v) is 12.8. The average Bonchev–Trinajstić information content (AvgIpc) is 2.49.